The van der Waals surface area contributed by atoms with Crippen LogP contribution in [0.4, 0.5) is 0 Å². The monoisotopic (exact) mass is 896 g/mol. The van der Waals surface area contributed by atoms with E-state index in [-0.39, 0.29) is 48.3 Å². The number of aromatic hydroxyl groups is 1. The number of thioether (sulfide) groups is 1. The zero-order chi connectivity index (χ0) is 44.6. The van der Waals surface area contributed by atoms with E-state index in [0.717, 1.165) is 44.5 Å². The molecular weight excluding hydrogens is 849 g/mol. The molecule has 1 aliphatic rings. The number of carbonyl (C=O) groups is 1. The van der Waals surface area contributed by atoms with Crippen LogP contribution >= 0.6 is 11.8 Å². The molecule has 64 heavy (non-hydrogen) atoms. The zero-order valence-corrected chi connectivity index (χ0v) is 36.8. The van der Waals surface area contributed by atoms with Crippen LogP contribution in [0.1, 0.15) is 52.7 Å². The minimum Gasteiger partial charge on any atom is -0.508 e. The number of hydrogen-bond donors (Lipinski definition) is 4. The minimum atomic E-state index is -4.00. The summed E-state index contributed by atoms with van der Waals surface area (Å²) in [5.74, 6) is 0.137. The average molecular weight is 897 g/mol. The number of amides is 1. The van der Waals surface area contributed by atoms with Gasteiger partial charge in [0.1, 0.15) is 11.8 Å². The van der Waals surface area contributed by atoms with Crippen molar-refractivity contribution < 1.29 is 32.9 Å². The first-order valence-electron chi connectivity index (χ1n) is 20.8. The number of hydrogen-bond acceptors (Lipinski definition) is 11. The number of carbonyl (C=O) groups excluding carboxylic acids is 1. The molecule has 8 rings (SSSR count). The molecule has 15 heteroatoms. The molecule has 328 valence electrons. The van der Waals surface area contributed by atoms with E-state index in [9.17, 15) is 23.4 Å². The first-order valence-corrected chi connectivity index (χ1v) is 23.3. The second-order valence-electron chi connectivity index (χ2n) is 15.7. The summed E-state index contributed by atoms with van der Waals surface area (Å²) in [6.45, 7) is 4.07. The van der Waals surface area contributed by atoms with Crippen molar-refractivity contribution in [3.05, 3.63) is 185 Å². The Balaban J connectivity index is 0.994. The van der Waals surface area contributed by atoms with Crippen LogP contribution in [0, 0.1) is 12.8 Å². The summed E-state index contributed by atoms with van der Waals surface area (Å²) in [4.78, 5) is 14.0. The Bertz CT molecular complexity index is 2760. The second-order valence-corrected chi connectivity index (χ2v) is 18.4. The summed E-state index contributed by atoms with van der Waals surface area (Å²) in [6.07, 6.45) is -1.17. The number of sulfonamides is 1. The summed E-state index contributed by atoms with van der Waals surface area (Å²) >= 11 is 1.46. The fourth-order valence-corrected chi connectivity index (χ4v) is 9.83. The highest BCUT2D eigenvalue weighted by molar-refractivity contribution is 7.99. The van der Waals surface area contributed by atoms with Crippen LogP contribution in [0.3, 0.4) is 0 Å². The number of phenols is 1. The highest BCUT2D eigenvalue weighted by atomic mass is 32.2. The van der Waals surface area contributed by atoms with Gasteiger partial charge in [0.25, 0.3) is 0 Å². The van der Waals surface area contributed by atoms with E-state index in [0.29, 0.717) is 16.6 Å². The Morgan fingerprint density at radius 2 is 1.50 bits per heavy atom. The SMILES string of the molecule is Cc1ccc(S(=O)(=O)N[C@H](Cc2ccccc2)C(=O)NCc2ccccc2-c2ccc([C@H]3O[C@@H](CSc4nnnn4-c4ccc(O)cc4)[C@@H](C)[C@@H](c4ccc(CO)cc4)O3)cc2)cc1. The second kappa shape index (κ2) is 20.1. The molecular formula is C49H48N6O7S2. The number of nitrogens with one attached hydrogen (secondary N) is 2. The van der Waals surface area contributed by atoms with Crippen molar-refractivity contribution in [2.45, 2.75) is 68.0 Å². The molecule has 1 saturated heterocycles. The number of benzene rings is 6. The normalized spacial score (nSPS) is 18.0. The number of aryl methyl sites for hydroxylation is 1. The highest BCUT2D eigenvalue weighted by Crippen LogP contribution is 2.43. The lowest BCUT2D eigenvalue weighted by Crippen LogP contribution is -2.47. The molecule has 5 atom stereocenters. The van der Waals surface area contributed by atoms with Gasteiger partial charge < -0.3 is 25.0 Å². The van der Waals surface area contributed by atoms with E-state index >= 15 is 0 Å². The number of aliphatic hydroxyl groups excluding tert-OH is 1. The van der Waals surface area contributed by atoms with Crippen molar-refractivity contribution in [1.29, 1.82) is 0 Å². The van der Waals surface area contributed by atoms with Gasteiger partial charge >= 0.3 is 0 Å². The van der Waals surface area contributed by atoms with E-state index in [2.05, 4.69) is 32.5 Å². The Kier molecular flexibility index (Phi) is 13.9. The summed E-state index contributed by atoms with van der Waals surface area (Å²) in [6, 6.07) is 44.9. The lowest BCUT2D eigenvalue weighted by Gasteiger charge is -2.41. The van der Waals surface area contributed by atoms with Crippen molar-refractivity contribution in [2.75, 3.05) is 5.75 Å². The molecule has 1 amide bonds. The van der Waals surface area contributed by atoms with Gasteiger partial charge in [-0.1, -0.05) is 140 Å². The quantitative estimate of drug-likeness (QED) is 0.0702. The van der Waals surface area contributed by atoms with Crippen LogP contribution in [-0.4, -0.2) is 62.6 Å². The van der Waals surface area contributed by atoms with Gasteiger partial charge in [0.2, 0.25) is 21.1 Å². The van der Waals surface area contributed by atoms with E-state index < -0.39 is 28.3 Å². The molecule has 0 spiro atoms. The zero-order valence-electron chi connectivity index (χ0n) is 35.2. The Morgan fingerprint density at radius 3 is 2.22 bits per heavy atom. The third-order valence-electron chi connectivity index (χ3n) is 11.2. The number of rotatable bonds is 16. The first kappa shape index (κ1) is 44.4. The molecule has 0 aliphatic carbocycles. The van der Waals surface area contributed by atoms with E-state index in [1.807, 2.05) is 110 Å². The van der Waals surface area contributed by atoms with Gasteiger partial charge in [-0.2, -0.15) is 9.40 Å². The van der Waals surface area contributed by atoms with Crippen LogP contribution < -0.4 is 10.0 Å². The van der Waals surface area contributed by atoms with Crippen LogP contribution in [0.5, 0.6) is 5.75 Å². The third-order valence-corrected chi connectivity index (χ3v) is 13.7. The maximum Gasteiger partial charge on any atom is 0.241 e. The lowest BCUT2D eigenvalue weighted by atomic mass is 9.91. The fraction of sp³-hybridized carbons (Fsp3) is 0.224. The highest BCUT2D eigenvalue weighted by Gasteiger charge is 2.39. The molecule has 0 saturated carbocycles. The van der Waals surface area contributed by atoms with Gasteiger partial charge in [0.05, 0.1) is 29.4 Å². The third kappa shape index (κ3) is 10.6. The maximum absolute atomic E-state index is 13.9. The lowest BCUT2D eigenvalue weighted by molar-refractivity contribution is -0.268. The van der Waals surface area contributed by atoms with Gasteiger partial charge in [0.15, 0.2) is 6.29 Å². The number of ether oxygens (including phenoxy) is 2. The predicted molar refractivity (Wildman–Crippen MR) is 244 cm³/mol. The Labute approximate surface area is 376 Å². The van der Waals surface area contributed by atoms with Gasteiger partial charge in [-0.25, -0.2) is 8.42 Å². The molecule has 7 aromatic rings. The minimum absolute atomic E-state index is 0.0607. The standard InChI is InChI=1S/C49H48N6O7S2/c1-32-12-26-42(27-13-32)64(59,60)52-44(28-34-8-4-3-5-9-34)47(58)50-29-39-10-6-7-11-43(39)36-18-20-38(21-19-36)48-61-45(33(2)46(62-48)37-16-14-35(30-56)15-17-37)31-63-49-51-53-54-55(49)40-22-24-41(57)25-23-40/h3-27,33,44-46,48,52,56-57H,28-31H2,1-2H3,(H,50,58)/t33-,44-,45+,46+,48+/m1/s1. The first-order chi connectivity index (χ1) is 31.0. The summed E-state index contributed by atoms with van der Waals surface area (Å²) in [5, 5.41) is 35.4. The van der Waals surface area contributed by atoms with Crippen LogP contribution in [0.15, 0.2) is 162 Å². The smallest absolute Gasteiger partial charge is 0.241 e. The molecule has 0 bridgehead atoms. The molecule has 1 fully saturated rings. The van der Waals surface area contributed by atoms with E-state index in [4.69, 9.17) is 9.47 Å². The molecule has 0 unspecified atom stereocenters. The van der Waals surface area contributed by atoms with Crippen molar-refractivity contribution in [3.63, 3.8) is 0 Å². The Morgan fingerprint density at radius 1 is 0.812 bits per heavy atom. The predicted octanol–water partition coefficient (Wildman–Crippen LogP) is 7.63. The van der Waals surface area contributed by atoms with Gasteiger partial charge in [0, 0.05) is 23.8 Å². The number of phenolic OH excluding ortho intramolecular Hbond substituents is 1. The molecule has 6 aromatic carbocycles. The number of nitrogens with zero attached hydrogens (tertiary/aromatic N) is 4. The van der Waals surface area contributed by atoms with Gasteiger partial charge in [-0.05, 0) is 93.6 Å². The largest absolute Gasteiger partial charge is 0.508 e. The maximum atomic E-state index is 13.9. The van der Waals surface area contributed by atoms with Crippen molar-refractivity contribution in [3.8, 4) is 22.6 Å². The molecule has 0 radical (unpaired) electrons. The number of aromatic nitrogens is 4. The molecule has 1 aromatic heterocycles. The topological polar surface area (TPSA) is 178 Å². The Hall–Kier alpha value is -6.20. The van der Waals surface area contributed by atoms with Gasteiger partial charge in [-0.3, -0.25) is 4.79 Å². The van der Waals surface area contributed by atoms with Crippen LogP contribution in [-0.2, 0) is 43.9 Å². The van der Waals surface area contributed by atoms with Crippen LogP contribution in [0.2, 0.25) is 0 Å². The van der Waals surface area contributed by atoms with E-state index in [1.54, 1.807) is 41.1 Å². The summed E-state index contributed by atoms with van der Waals surface area (Å²) < 4.78 is 44.7. The van der Waals surface area contributed by atoms with Crippen molar-refractivity contribution >= 4 is 27.7 Å². The summed E-state index contributed by atoms with van der Waals surface area (Å²) in [5.41, 5.74) is 7.69. The molecule has 2 heterocycles. The van der Waals surface area contributed by atoms with E-state index in [1.165, 1.54) is 23.9 Å². The average Bonchev–Trinajstić information content (AvgIpc) is 3.80. The van der Waals surface area contributed by atoms with Gasteiger partial charge in [-0.15, -0.1) is 5.10 Å². The fourth-order valence-electron chi connectivity index (χ4n) is 7.58. The van der Waals surface area contributed by atoms with Crippen molar-refractivity contribution in [2.24, 2.45) is 5.92 Å². The number of aliphatic hydroxyl groups is 1. The number of tetrazole rings is 1. The van der Waals surface area contributed by atoms with Crippen LogP contribution in [0.25, 0.3) is 16.8 Å². The molecule has 1 aliphatic heterocycles. The van der Waals surface area contributed by atoms with Crippen molar-refractivity contribution in [1.82, 2.24) is 30.2 Å². The molecule has 13 nitrogen and oxygen atoms in total. The summed E-state index contributed by atoms with van der Waals surface area (Å²) in [7, 11) is -4.00. The molecule has 4 N–H and O–H groups in total.